The van der Waals surface area contributed by atoms with Crippen molar-refractivity contribution in [1.29, 1.82) is 0 Å². The molecule has 20 heavy (non-hydrogen) atoms. The Balaban J connectivity index is 2.52. The zero-order valence-electron chi connectivity index (χ0n) is 11.6. The van der Waals surface area contributed by atoms with Crippen molar-refractivity contribution >= 4 is 15.9 Å². The molecular formula is C16H16BrFO2. The molecule has 1 atom stereocenters. The fourth-order valence-corrected chi connectivity index (χ4v) is 2.52. The molecule has 0 radical (unpaired) electrons. The second-order valence-electron chi connectivity index (χ2n) is 4.81. The third kappa shape index (κ3) is 3.02. The van der Waals surface area contributed by atoms with E-state index < -0.39 is 6.10 Å². The Labute approximate surface area is 126 Å². The van der Waals surface area contributed by atoms with Gasteiger partial charge in [0.25, 0.3) is 0 Å². The monoisotopic (exact) mass is 338 g/mol. The zero-order chi connectivity index (χ0) is 14.9. The summed E-state index contributed by atoms with van der Waals surface area (Å²) in [4.78, 5) is 0. The smallest absolute Gasteiger partial charge is 0.125 e. The van der Waals surface area contributed by atoms with Crippen LogP contribution in [-0.4, -0.2) is 12.2 Å². The fourth-order valence-electron chi connectivity index (χ4n) is 2.16. The summed E-state index contributed by atoms with van der Waals surface area (Å²) in [5, 5.41) is 10.5. The van der Waals surface area contributed by atoms with E-state index in [4.69, 9.17) is 4.74 Å². The minimum absolute atomic E-state index is 0.357. The number of methoxy groups -OCH3 is 1. The molecule has 2 aromatic rings. The average molecular weight is 339 g/mol. The first kappa shape index (κ1) is 15.0. The molecular weight excluding hydrogens is 323 g/mol. The van der Waals surface area contributed by atoms with E-state index in [-0.39, 0.29) is 5.82 Å². The highest BCUT2D eigenvalue weighted by Crippen LogP contribution is 2.34. The first-order valence-corrected chi connectivity index (χ1v) is 7.01. The van der Waals surface area contributed by atoms with Crippen LogP contribution in [0.5, 0.6) is 5.75 Å². The molecule has 1 unspecified atom stereocenters. The molecule has 2 nitrogen and oxygen atoms in total. The Bertz CT molecular complexity index is 620. The molecule has 0 aliphatic rings. The van der Waals surface area contributed by atoms with Crippen LogP contribution in [0, 0.1) is 19.7 Å². The largest absolute Gasteiger partial charge is 0.496 e. The maximum absolute atomic E-state index is 13.5. The fraction of sp³-hybridized carbons (Fsp3) is 0.250. The quantitative estimate of drug-likeness (QED) is 0.904. The highest BCUT2D eigenvalue weighted by molar-refractivity contribution is 9.10. The van der Waals surface area contributed by atoms with Crippen LogP contribution >= 0.6 is 15.9 Å². The van der Waals surface area contributed by atoms with Gasteiger partial charge in [0.1, 0.15) is 17.7 Å². The van der Waals surface area contributed by atoms with Gasteiger partial charge in [-0.2, -0.15) is 0 Å². The number of aliphatic hydroxyl groups excluding tert-OH is 1. The maximum atomic E-state index is 13.5. The van der Waals surface area contributed by atoms with Gasteiger partial charge in [-0.1, -0.05) is 22.0 Å². The van der Waals surface area contributed by atoms with Crippen LogP contribution in [0.4, 0.5) is 4.39 Å². The Kier molecular flexibility index (Phi) is 4.45. The minimum atomic E-state index is -0.934. The molecule has 4 heteroatoms. The normalized spacial score (nSPS) is 12.3. The van der Waals surface area contributed by atoms with E-state index in [9.17, 15) is 9.50 Å². The molecule has 0 heterocycles. The summed E-state index contributed by atoms with van der Waals surface area (Å²) in [6, 6.07) is 8.18. The van der Waals surface area contributed by atoms with E-state index in [1.807, 2.05) is 13.0 Å². The van der Waals surface area contributed by atoms with Gasteiger partial charge in [0.05, 0.1) is 7.11 Å². The molecule has 0 spiro atoms. The molecule has 0 amide bonds. The molecule has 0 saturated carbocycles. The topological polar surface area (TPSA) is 29.5 Å². The van der Waals surface area contributed by atoms with Gasteiger partial charge in [-0.05, 0) is 54.8 Å². The van der Waals surface area contributed by atoms with Gasteiger partial charge in [0.2, 0.25) is 0 Å². The summed E-state index contributed by atoms with van der Waals surface area (Å²) in [7, 11) is 1.55. The summed E-state index contributed by atoms with van der Waals surface area (Å²) in [6.45, 7) is 3.73. The van der Waals surface area contributed by atoms with Crippen molar-refractivity contribution in [3.05, 3.63) is 62.9 Å². The van der Waals surface area contributed by atoms with Crippen molar-refractivity contribution < 1.29 is 14.2 Å². The van der Waals surface area contributed by atoms with Gasteiger partial charge in [-0.3, -0.25) is 0 Å². The van der Waals surface area contributed by atoms with Crippen LogP contribution in [0.1, 0.15) is 28.4 Å². The molecule has 2 rings (SSSR count). The maximum Gasteiger partial charge on any atom is 0.125 e. The zero-order valence-corrected chi connectivity index (χ0v) is 13.2. The Hall–Kier alpha value is -1.39. The van der Waals surface area contributed by atoms with Crippen LogP contribution in [0.25, 0.3) is 0 Å². The first-order valence-electron chi connectivity index (χ1n) is 6.21. The Morgan fingerprint density at radius 1 is 1.15 bits per heavy atom. The lowest BCUT2D eigenvalue weighted by Gasteiger charge is -2.17. The summed E-state index contributed by atoms with van der Waals surface area (Å²) >= 11 is 3.44. The lowest BCUT2D eigenvalue weighted by atomic mass is 9.98. The number of halogens is 2. The molecule has 1 N–H and O–H groups in total. The van der Waals surface area contributed by atoms with Crippen LogP contribution in [0.15, 0.2) is 34.8 Å². The Morgan fingerprint density at radius 3 is 2.45 bits per heavy atom. The highest BCUT2D eigenvalue weighted by atomic mass is 79.9. The lowest BCUT2D eigenvalue weighted by Crippen LogP contribution is -2.04. The van der Waals surface area contributed by atoms with E-state index in [1.54, 1.807) is 26.2 Å². The van der Waals surface area contributed by atoms with Crippen LogP contribution < -0.4 is 4.74 Å². The third-order valence-electron chi connectivity index (χ3n) is 3.19. The average Bonchev–Trinajstić information content (AvgIpc) is 2.39. The molecule has 0 fully saturated rings. The van der Waals surface area contributed by atoms with Crippen LogP contribution in [0.2, 0.25) is 0 Å². The highest BCUT2D eigenvalue weighted by Gasteiger charge is 2.18. The van der Waals surface area contributed by atoms with Crippen molar-refractivity contribution in [1.82, 2.24) is 0 Å². The van der Waals surface area contributed by atoms with E-state index >= 15 is 0 Å². The van der Waals surface area contributed by atoms with Crippen molar-refractivity contribution in [3.63, 3.8) is 0 Å². The second-order valence-corrected chi connectivity index (χ2v) is 5.66. The summed E-state index contributed by atoms with van der Waals surface area (Å²) < 4.78 is 19.7. The van der Waals surface area contributed by atoms with Crippen molar-refractivity contribution in [2.24, 2.45) is 0 Å². The van der Waals surface area contributed by atoms with Gasteiger partial charge in [-0.15, -0.1) is 0 Å². The van der Waals surface area contributed by atoms with E-state index in [0.717, 1.165) is 15.6 Å². The lowest BCUT2D eigenvalue weighted by molar-refractivity contribution is 0.214. The number of ether oxygens (including phenoxy) is 1. The summed E-state index contributed by atoms with van der Waals surface area (Å²) in [5.41, 5.74) is 2.89. The van der Waals surface area contributed by atoms with Crippen LogP contribution in [0.3, 0.4) is 0 Å². The summed E-state index contributed by atoms with van der Waals surface area (Å²) in [6.07, 6.45) is -0.934. The van der Waals surface area contributed by atoms with E-state index in [1.165, 1.54) is 12.1 Å². The number of aliphatic hydroxyl groups is 1. The van der Waals surface area contributed by atoms with Gasteiger partial charge >= 0.3 is 0 Å². The van der Waals surface area contributed by atoms with E-state index in [2.05, 4.69) is 15.9 Å². The van der Waals surface area contributed by atoms with Crippen molar-refractivity contribution in [2.45, 2.75) is 20.0 Å². The third-order valence-corrected chi connectivity index (χ3v) is 4.04. The summed E-state index contributed by atoms with van der Waals surface area (Å²) in [5.74, 6) is 0.226. The molecule has 0 aliphatic carbocycles. The number of benzene rings is 2. The molecule has 0 saturated heterocycles. The SMILES string of the molecule is COc1cc(C)c(Br)cc1C(O)c1cc(C)cc(F)c1. The molecule has 106 valence electrons. The number of hydrogen-bond acceptors (Lipinski definition) is 2. The van der Waals surface area contributed by atoms with Crippen molar-refractivity contribution in [2.75, 3.05) is 7.11 Å². The van der Waals surface area contributed by atoms with Crippen molar-refractivity contribution in [3.8, 4) is 5.75 Å². The Morgan fingerprint density at radius 2 is 1.85 bits per heavy atom. The predicted octanol–water partition coefficient (Wildman–Crippen LogP) is 4.30. The second kappa shape index (κ2) is 5.94. The minimum Gasteiger partial charge on any atom is -0.496 e. The van der Waals surface area contributed by atoms with Gasteiger partial charge in [0.15, 0.2) is 0 Å². The molecule has 0 aromatic heterocycles. The molecule has 0 aliphatic heterocycles. The predicted molar refractivity (Wildman–Crippen MR) is 80.6 cm³/mol. The molecule has 0 bridgehead atoms. The number of rotatable bonds is 3. The van der Waals surface area contributed by atoms with Crippen LogP contribution in [-0.2, 0) is 0 Å². The standard InChI is InChI=1S/C16H16BrFO2/c1-9-4-11(7-12(18)5-9)16(19)13-8-14(17)10(2)6-15(13)20-3/h4-8,16,19H,1-3H3. The van der Waals surface area contributed by atoms with Gasteiger partial charge in [0, 0.05) is 10.0 Å². The van der Waals surface area contributed by atoms with E-state index in [0.29, 0.717) is 16.9 Å². The first-order chi connectivity index (χ1) is 9.42. The number of aryl methyl sites for hydroxylation is 2. The number of hydrogen-bond donors (Lipinski definition) is 1. The van der Waals surface area contributed by atoms with Gasteiger partial charge in [-0.25, -0.2) is 4.39 Å². The molecule has 2 aromatic carbocycles. The van der Waals surface area contributed by atoms with Gasteiger partial charge < -0.3 is 9.84 Å².